The van der Waals surface area contributed by atoms with Gasteiger partial charge in [-0.25, -0.2) is 9.59 Å². The van der Waals surface area contributed by atoms with Gasteiger partial charge < -0.3 is 20.5 Å². The molecule has 140 valence electrons. The second-order valence-electron chi connectivity index (χ2n) is 5.37. The molecule has 4 N–H and O–H groups in total. The highest BCUT2D eigenvalue weighted by atomic mass is 32.1. The van der Waals surface area contributed by atoms with Gasteiger partial charge in [0.15, 0.2) is 5.58 Å². The van der Waals surface area contributed by atoms with Crippen molar-refractivity contribution < 1.29 is 24.3 Å². The van der Waals surface area contributed by atoms with E-state index < -0.39 is 11.9 Å². The molecule has 27 heavy (non-hydrogen) atoms. The van der Waals surface area contributed by atoms with Crippen molar-refractivity contribution in [1.82, 2.24) is 5.16 Å². The van der Waals surface area contributed by atoms with Gasteiger partial charge in [-0.05, 0) is 30.7 Å². The molecule has 1 aromatic carbocycles. The zero-order valence-corrected chi connectivity index (χ0v) is 15.1. The molecule has 1 unspecified atom stereocenters. The number of para-hydroxylation sites is 1. The van der Waals surface area contributed by atoms with E-state index in [2.05, 4.69) is 17.8 Å². The van der Waals surface area contributed by atoms with Crippen LogP contribution in [0.15, 0.2) is 65.7 Å². The van der Waals surface area contributed by atoms with Crippen molar-refractivity contribution >= 4 is 34.2 Å². The van der Waals surface area contributed by atoms with E-state index in [4.69, 9.17) is 20.5 Å². The van der Waals surface area contributed by atoms with Crippen molar-refractivity contribution in [2.45, 2.75) is 12.5 Å². The number of hydrogen-bond donors (Lipinski definition) is 3. The molecule has 0 bridgehead atoms. The van der Waals surface area contributed by atoms with Crippen LogP contribution in [0.1, 0.15) is 17.3 Å². The van der Waals surface area contributed by atoms with Crippen LogP contribution in [0.2, 0.25) is 0 Å². The van der Waals surface area contributed by atoms with Crippen LogP contribution in [-0.4, -0.2) is 27.3 Å². The average Bonchev–Trinajstić information content (AvgIpc) is 3.27. The summed E-state index contributed by atoms with van der Waals surface area (Å²) < 4.78 is 5.33. The quantitative estimate of drug-likeness (QED) is 0.434. The van der Waals surface area contributed by atoms with Gasteiger partial charge in [0.05, 0.1) is 10.3 Å². The summed E-state index contributed by atoms with van der Waals surface area (Å²) in [5.41, 5.74) is 7.78. The first kappa shape index (κ1) is 20.1. The second kappa shape index (κ2) is 9.46. The molecule has 0 aliphatic carbocycles. The molecule has 0 radical (unpaired) electrons. The Labute approximate surface area is 159 Å². The normalized spacial score (nSPS) is 11.7. The van der Waals surface area contributed by atoms with Gasteiger partial charge in [0, 0.05) is 23.1 Å². The highest BCUT2D eigenvalue weighted by Gasteiger charge is 2.14. The van der Waals surface area contributed by atoms with E-state index in [0.717, 1.165) is 32.8 Å². The Bertz CT molecular complexity index is 957. The van der Waals surface area contributed by atoms with Gasteiger partial charge in [0.2, 0.25) is 0 Å². The molecule has 3 rings (SSSR count). The van der Waals surface area contributed by atoms with Crippen molar-refractivity contribution in [3.05, 3.63) is 66.1 Å². The molecule has 0 saturated heterocycles. The van der Waals surface area contributed by atoms with Crippen molar-refractivity contribution in [3.63, 3.8) is 0 Å². The highest BCUT2D eigenvalue weighted by Crippen LogP contribution is 2.35. The molecule has 0 spiro atoms. The van der Waals surface area contributed by atoms with Gasteiger partial charge in [-0.2, -0.15) is 0 Å². The molecular formula is C19H18N2O5S. The standard InChI is InChI=1S/C15H14N2OS.C4H4O4/c1-2-5-11(16)13-8-9-14(19-13)15-10-6-3-4-7-12(10)18-17-15;5-3(6)1-2-4(7)8/h2-4,6-9,11H,1,5,16H2;1-2H,(H,5,6)(H,7,8)/b;2-1+. The predicted octanol–water partition coefficient (Wildman–Crippen LogP) is 3.84. The Morgan fingerprint density at radius 3 is 2.48 bits per heavy atom. The Balaban J connectivity index is 0.000000279. The lowest BCUT2D eigenvalue weighted by molar-refractivity contribution is -0.134. The number of thiophene rings is 1. The van der Waals surface area contributed by atoms with E-state index in [-0.39, 0.29) is 6.04 Å². The summed E-state index contributed by atoms with van der Waals surface area (Å²) >= 11 is 1.66. The molecule has 3 aromatic rings. The van der Waals surface area contributed by atoms with E-state index in [1.165, 1.54) is 0 Å². The number of nitrogens with two attached hydrogens (primary N) is 1. The molecule has 0 aliphatic heterocycles. The number of aromatic nitrogens is 1. The summed E-state index contributed by atoms with van der Waals surface area (Å²) in [5, 5.41) is 20.8. The summed E-state index contributed by atoms with van der Waals surface area (Å²) in [6, 6.07) is 12.0. The topological polar surface area (TPSA) is 127 Å². The van der Waals surface area contributed by atoms with E-state index in [0.29, 0.717) is 12.2 Å². The van der Waals surface area contributed by atoms with Gasteiger partial charge in [-0.15, -0.1) is 17.9 Å². The maximum atomic E-state index is 9.55. The van der Waals surface area contributed by atoms with Gasteiger partial charge in [-0.3, -0.25) is 0 Å². The highest BCUT2D eigenvalue weighted by molar-refractivity contribution is 7.15. The summed E-state index contributed by atoms with van der Waals surface area (Å²) in [6.07, 6.45) is 3.74. The van der Waals surface area contributed by atoms with Crippen LogP contribution in [0.25, 0.3) is 21.5 Å². The first-order valence-corrected chi connectivity index (χ1v) is 8.69. The first-order valence-electron chi connectivity index (χ1n) is 7.87. The Morgan fingerprint density at radius 2 is 1.85 bits per heavy atom. The summed E-state index contributed by atoms with van der Waals surface area (Å²) in [4.78, 5) is 21.3. The zero-order valence-electron chi connectivity index (χ0n) is 14.2. The van der Waals surface area contributed by atoms with Crippen molar-refractivity contribution in [2.75, 3.05) is 0 Å². The fourth-order valence-corrected chi connectivity index (χ4v) is 3.20. The van der Waals surface area contributed by atoms with Gasteiger partial charge in [0.25, 0.3) is 0 Å². The van der Waals surface area contributed by atoms with Crippen molar-refractivity contribution in [1.29, 1.82) is 0 Å². The molecule has 0 fully saturated rings. The minimum absolute atomic E-state index is 0.00872. The third kappa shape index (κ3) is 5.63. The number of nitrogens with zero attached hydrogens (tertiary/aromatic N) is 1. The number of fused-ring (bicyclic) bond motifs is 1. The van der Waals surface area contributed by atoms with Gasteiger partial charge in [0.1, 0.15) is 5.69 Å². The lowest BCUT2D eigenvalue weighted by atomic mass is 10.2. The van der Waals surface area contributed by atoms with E-state index in [1.807, 2.05) is 36.4 Å². The number of carbonyl (C=O) groups is 2. The molecule has 1 atom stereocenters. The van der Waals surface area contributed by atoms with Crippen molar-refractivity contribution in [3.8, 4) is 10.6 Å². The Kier molecular flexibility index (Phi) is 7.04. The number of carboxylic acids is 2. The third-order valence-corrected chi connectivity index (χ3v) is 4.62. The Hall–Kier alpha value is -3.23. The van der Waals surface area contributed by atoms with Crippen LogP contribution in [-0.2, 0) is 9.59 Å². The lowest BCUT2D eigenvalue weighted by Crippen LogP contribution is -2.06. The first-order chi connectivity index (χ1) is 12.9. The van der Waals surface area contributed by atoms with Crippen LogP contribution in [0, 0.1) is 0 Å². The number of hydrogen-bond acceptors (Lipinski definition) is 6. The molecule has 2 heterocycles. The van der Waals surface area contributed by atoms with Crippen LogP contribution >= 0.6 is 11.3 Å². The predicted molar refractivity (Wildman–Crippen MR) is 103 cm³/mol. The maximum absolute atomic E-state index is 9.55. The van der Waals surface area contributed by atoms with E-state index in [9.17, 15) is 9.59 Å². The number of benzene rings is 1. The SMILES string of the molecule is C=CCC(N)c1ccc(-c2noc3ccccc23)s1.O=C(O)/C=C/C(=O)O. The molecule has 0 amide bonds. The fraction of sp³-hybridized carbons (Fsp3) is 0.105. The van der Waals surface area contributed by atoms with E-state index in [1.54, 1.807) is 11.3 Å². The molecule has 7 nitrogen and oxygen atoms in total. The van der Waals surface area contributed by atoms with Crippen LogP contribution in [0.4, 0.5) is 0 Å². The number of rotatable bonds is 6. The maximum Gasteiger partial charge on any atom is 0.328 e. The molecule has 8 heteroatoms. The van der Waals surface area contributed by atoms with Crippen LogP contribution < -0.4 is 5.73 Å². The third-order valence-electron chi connectivity index (χ3n) is 3.39. The minimum Gasteiger partial charge on any atom is -0.478 e. The summed E-state index contributed by atoms with van der Waals surface area (Å²) in [5.74, 6) is -2.51. The minimum atomic E-state index is -1.26. The van der Waals surface area contributed by atoms with Crippen LogP contribution in [0.3, 0.4) is 0 Å². The summed E-state index contributed by atoms with van der Waals surface area (Å²) in [7, 11) is 0. The van der Waals surface area contributed by atoms with Gasteiger partial charge in [-0.1, -0.05) is 23.4 Å². The van der Waals surface area contributed by atoms with E-state index >= 15 is 0 Å². The fourth-order valence-electron chi connectivity index (χ4n) is 2.18. The number of carboxylic acid groups (broad SMARTS) is 2. The Morgan fingerprint density at radius 1 is 1.19 bits per heavy atom. The number of aliphatic carboxylic acids is 2. The summed E-state index contributed by atoms with van der Waals surface area (Å²) in [6.45, 7) is 3.72. The molecule has 2 aromatic heterocycles. The molecule has 0 aliphatic rings. The molecular weight excluding hydrogens is 368 g/mol. The van der Waals surface area contributed by atoms with Crippen molar-refractivity contribution in [2.24, 2.45) is 5.73 Å². The average molecular weight is 386 g/mol. The second-order valence-corrected chi connectivity index (χ2v) is 6.49. The molecule has 0 saturated carbocycles. The van der Waals surface area contributed by atoms with Gasteiger partial charge >= 0.3 is 11.9 Å². The smallest absolute Gasteiger partial charge is 0.328 e. The monoisotopic (exact) mass is 386 g/mol. The zero-order chi connectivity index (χ0) is 19.8. The van der Waals surface area contributed by atoms with Crippen LogP contribution in [0.5, 0.6) is 0 Å². The largest absolute Gasteiger partial charge is 0.478 e. The lowest BCUT2D eigenvalue weighted by Gasteiger charge is -2.04.